The third kappa shape index (κ3) is 3.08. The quantitative estimate of drug-likeness (QED) is 0.921. The van der Waals surface area contributed by atoms with Gasteiger partial charge in [-0.05, 0) is 37.2 Å². The first-order chi connectivity index (χ1) is 10.6. The second kappa shape index (κ2) is 6.38. The summed E-state index contributed by atoms with van der Waals surface area (Å²) in [6.45, 7) is 3.07. The molecule has 0 aromatic heterocycles. The summed E-state index contributed by atoms with van der Waals surface area (Å²) in [7, 11) is 2.02. The Bertz CT molecular complexity index is 629. The molecule has 1 heterocycles. The lowest BCUT2D eigenvalue weighted by Crippen LogP contribution is -2.33. The van der Waals surface area contributed by atoms with Gasteiger partial charge < -0.3 is 14.6 Å². The van der Waals surface area contributed by atoms with E-state index in [1.54, 1.807) is 0 Å². The Kier molecular flexibility index (Phi) is 4.32. The minimum Gasteiger partial charge on any atom is -0.454 e. The molecule has 1 aliphatic heterocycles. The van der Waals surface area contributed by atoms with Gasteiger partial charge in [0.2, 0.25) is 6.79 Å². The second-order valence-electron chi connectivity index (χ2n) is 5.70. The Morgan fingerprint density at radius 2 is 1.82 bits per heavy atom. The third-order valence-electron chi connectivity index (χ3n) is 4.17. The predicted molar refractivity (Wildman–Crippen MR) is 84.9 cm³/mol. The highest BCUT2D eigenvalue weighted by Crippen LogP contribution is 2.35. The molecule has 22 heavy (non-hydrogen) atoms. The number of aliphatic hydroxyl groups excluding tert-OH is 1. The summed E-state index contributed by atoms with van der Waals surface area (Å²) in [6.07, 6.45) is -0.580. The van der Waals surface area contributed by atoms with Crippen LogP contribution in [-0.4, -0.2) is 29.9 Å². The van der Waals surface area contributed by atoms with Gasteiger partial charge in [-0.25, -0.2) is 0 Å². The Hall–Kier alpha value is -2.04. The van der Waals surface area contributed by atoms with Crippen LogP contribution in [0.25, 0.3) is 0 Å². The molecule has 1 N–H and O–H groups in total. The van der Waals surface area contributed by atoms with Crippen LogP contribution >= 0.6 is 0 Å². The summed E-state index contributed by atoms with van der Waals surface area (Å²) in [4.78, 5) is 2.14. The molecule has 0 aliphatic carbocycles. The molecular weight excluding hydrogens is 278 g/mol. The van der Waals surface area contributed by atoms with Crippen molar-refractivity contribution in [3.63, 3.8) is 0 Å². The first kappa shape index (κ1) is 14.9. The van der Waals surface area contributed by atoms with E-state index in [4.69, 9.17) is 9.47 Å². The van der Waals surface area contributed by atoms with Gasteiger partial charge in [-0.15, -0.1) is 0 Å². The van der Waals surface area contributed by atoms with Crippen LogP contribution in [0.15, 0.2) is 48.5 Å². The van der Waals surface area contributed by atoms with E-state index in [1.165, 1.54) is 5.56 Å². The van der Waals surface area contributed by atoms with E-state index in [9.17, 15) is 5.11 Å². The van der Waals surface area contributed by atoms with E-state index >= 15 is 0 Å². The maximum absolute atomic E-state index is 10.6. The summed E-state index contributed by atoms with van der Waals surface area (Å²) in [5.41, 5.74) is 2.08. The zero-order chi connectivity index (χ0) is 15.5. The molecule has 0 fully saturated rings. The first-order valence-electron chi connectivity index (χ1n) is 7.47. The Balaban J connectivity index is 1.69. The van der Waals surface area contributed by atoms with Crippen LogP contribution in [0.1, 0.15) is 24.2 Å². The Morgan fingerprint density at radius 1 is 1.09 bits per heavy atom. The summed E-state index contributed by atoms with van der Waals surface area (Å²) in [5, 5.41) is 10.6. The van der Waals surface area contributed by atoms with Crippen LogP contribution in [0.5, 0.6) is 11.5 Å². The monoisotopic (exact) mass is 299 g/mol. The van der Waals surface area contributed by atoms with E-state index in [1.807, 2.05) is 50.4 Å². The zero-order valence-electron chi connectivity index (χ0n) is 12.9. The van der Waals surface area contributed by atoms with Crippen molar-refractivity contribution >= 4 is 0 Å². The van der Waals surface area contributed by atoms with E-state index in [0.717, 1.165) is 17.9 Å². The molecule has 1 aliphatic rings. The lowest BCUT2D eigenvalue weighted by atomic mass is 10.0. The average molecular weight is 299 g/mol. The molecule has 4 heteroatoms. The van der Waals surface area contributed by atoms with Crippen LogP contribution in [-0.2, 0) is 6.54 Å². The molecule has 0 amide bonds. The molecule has 4 nitrogen and oxygen atoms in total. The van der Waals surface area contributed by atoms with Crippen LogP contribution in [0.2, 0.25) is 0 Å². The molecule has 0 bridgehead atoms. The molecular formula is C18H21NO3. The molecule has 2 aromatic carbocycles. The number of aliphatic hydroxyl groups is 1. The average Bonchev–Trinajstić information content (AvgIpc) is 3.02. The van der Waals surface area contributed by atoms with E-state index < -0.39 is 6.10 Å². The summed E-state index contributed by atoms with van der Waals surface area (Å²) >= 11 is 0. The molecule has 0 saturated heterocycles. The number of ether oxygens (including phenoxy) is 2. The summed E-state index contributed by atoms with van der Waals surface area (Å²) < 4.78 is 10.7. The number of rotatable bonds is 5. The first-order valence-corrected chi connectivity index (χ1v) is 7.47. The highest BCUT2D eigenvalue weighted by Gasteiger charge is 2.23. The van der Waals surface area contributed by atoms with Gasteiger partial charge in [-0.3, -0.25) is 4.90 Å². The Morgan fingerprint density at radius 3 is 2.59 bits per heavy atom. The van der Waals surface area contributed by atoms with Crippen molar-refractivity contribution in [3.8, 4) is 11.5 Å². The molecule has 2 atom stereocenters. The van der Waals surface area contributed by atoms with Gasteiger partial charge in [0.1, 0.15) is 0 Å². The molecule has 0 saturated carbocycles. The number of hydrogen-bond donors (Lipinski definition) is 1. The van der Waals surface area contributed by atoms with Crippen molar-refractivity contribution < 1.29 is 14.6 Å². The van der Waals surface area contributed by atoms with Gasteiger partial charge in [0.05, 0.1) is 6.10 Å². The second-order valence-corrected chi connectivity index (χ2v) is 5.70. The van der Waals surface area contributed by atoms with Gasteiger partial charge in [0.15, 0.2) is 11.5 Å². The van der Waals surface area contributed by atoms with Crippen molar-refractivity contribution in [1.29, 1.82) is 0 Å². The number of benzene rings is 2. The Labute approximate surface area is 130 Å². The van der Waals surface area contributed by atoms with Crippen LogP contribution in [0.4, 0.5) is 0 Å². The highest BCUT2D eigenvalue weighted by atomic mass is 16.7. The number of hydrogen-bond acceptors (Lipinski definition) is 4. The highest BCUT2D eigenvalue weighted by molar-refractivity contribution is 5.45. The topological polar surface area (TPSA) is 41.9 Å². The van der Waals surface area contributed by atoms with E-state index in [-0.39, 0.29) is 12.8 Å². The predicted octanol–water partition coefficient (Wildman–Crippen LogP) is 2.97. The van der Waals surface area contributed by atoms with Gasteiger partial charge in [0, 0.05) is 12.6 Å². The van der Waals surface area contributed by atoms with Gasteiger partial charge in [-0.1, -0.05) is 36.4 Å². The summed E-state index contributed by atoms with van der Waals surface area (Å²) in [5.74, 6) is 1.44. The normalized spacial score (nSPS) is 15.8. The minimum absolute atomic E-state index is 0.0134. The molecule has 0 unspecified atom stereocenters. The van der Waals surface area contributed by atoms with Crippen LogP contribution in [0.3, 0.4) is 0 Å². The van der Waals surface area contributed by atoms with Gasteiger partial charge in [0.25, 0.3) is 0 Å². The molecule has 0 spiro atoms. The number of nitrogens with zero attached hydrogens (tertiary/aromatic N) is 1. The van der Waals surface area contributed by atoms with Crippen molar-refractivity contribution in [3.05, 3.63) is 59.7 Å². The van der Waals surface area contributed by atoms with Gasteiger partial charge >= 0.3 is 0 Å². The van der Waals surface area contributed by atoms with Crippen molar-refractivity contribution in [2.75, 3.05) is 13.8 Å². The largest absolute Gasteiger partial charge is 0.454 e. The molecule has 116 valence electrons. The number of fused-ring (bicyclic) bond motifs is 1. The SMILES string of the molecule is C[C@@H]([C@H](O)c1ccc2c(c1)OCO2)N(C)Cc1ccccc1. The number of likely N-dealkylation sites (N-methyl/N-ethyl adjacent to an activating group) is 1. The fraction of sp³-hybridized carbons (Fsp3) is 0.333. The lowest BCUT2D eigenvalue weighted by molar-refractivity contribution is 0.0687. The molecule has 2 aromatic rings. The van der Waals surface area contributed by atoms with Crippen LogP contribution in [0, 0.1) is 0 Å². The maximum Gasteiger partial charge on any atom is 0.231 e. The van der Waals surface area contributed by atoms with Crippen molar-refractivity contribution in [2.24, 2.45) is 0 Å². The molecule has 0 radical (unpaired) electrons. The molecule has 3 rings (SSSR count). The van der Waals surface area contributed by atoms with Crippen LogP contribution < -0.4 is 9.47 Å². The smallest absolute Gasteiger partial charge is 0.231 e. The fourth-order valence-electron chi connectivity index (χ4n) is 2.63. The maximum atomic E-state index is 10.6. The standard InChI is InChI=1S/C18H21NO3/c1-13(19(2)11-14-6-4-3-5-7-14)18(20)15-8-9-16-17(10-15)22-12-21-16/h3-10,13,18,20H,11-12H2,1-2H3/t13-,18-/m0/s1. The van der Waals surface area contributed by atoms with Crippen molar-refractivity contribution in [1.82, 2.24) is 4.90 Å². The zero-order valence-corrected chi connectivity index (χ0v) is 12.9. The third-order valence-corrected chi connectivity index (χ3v) is 4.17. The summed E-state index contributed by atoms with van der Waals surface area (Å²) in [6, 6.07) is 15.8. The van der Waals surface area contributed by atoms with Crippen molar-refractivity contribution in [2.45, 2.75) is 25.6 Å². The van der Waals surface area contributed by atoms with E-state index in [0.29, 0.717) is 5.75 Å². The fourth-order valence-corrected chi connectivity index (χ4v) is 2.63. The van der Waals surface area contributed by atoms with Gasteiger partial charge in [-0.2, -0.15) is 0 Å². The minimum atomic E-state index is -0.580. The lowest BCUT2D eigenvalue weighted by Gasteiger charge is -2.29. The van der Waals surface area contributed by atoms with E-state index in [2.05, 4.69) is 17.0 Å².